The summed E-state index contributed by atoms with van der Waals surface area (Å²) in [5.74, 6) is 0.0785. The van der Waals surface area contributed by atoms with Crippen LogP contribution in [0.4, 0.5) is 5.69 Å². The van der Waals surface area contributed by atoms with Gasteiger partial charge >= 0.3 is 0 Å². The molecule has 0 saturated carbocycles. The Kier molecular flexibility index (Phi) is 5.17. The largest absolute Gasteiger partial charge is 0.350 e. The highest BCUT2D eigenvalue weighted by atomic mass is 16.2. The molecule has 2 aliphatic rings. The molecule has 4 rings (SSSR count). The maximum atomic E-state index is 13.3. The SMILES string of the molecule is CC(C)NC(=O)c1ccc2c(c1)C1(CCN(Cc3ccccc3)CC1)C(=O)N2C. The van der Waals surface area contributed by atoms with Gasteiger partial charge < -0.3 is 10.2 Å². The molecule has 0 atom stereocenters. The number of likely N-dealkylation sites (N-methyl/N-ethyl adjacent to an activating group) is 1. The van der Waals surface area contributed by atoms with Crippen molar-refractivity contribution in [2.24, 2.45) is 0 Å². The Hall–Kier alpha value is -2.66. The van der Waals surface area contributed by atoms with Gasteiger partial charge in [0, 0.05) is 30.9 Å². The fourth-order valence-corrected chi connectivity index (χ4v) is 4.66. The first-order chi connectivity index (χ1) is 13.9. The zero-order chi connectivity index (χ0) is 20.6. The van der Waals surface area contributed by atoms with Crippen molar-refractivity contribution >= 4 is 17.5 Å². The van der Waals surface area contributed by atoms with E-state index in [1.165, 1.54) is 5.56 Å². The van der Waals surface area contributed by atoms with Crippen LogP contribution in [-0.4, -0.2) is 42.9 Å². The van der Waals surface area contributed by atoms with Crippen LogP contribution in [-0.2, 0) is 16.8 Å². The van der Waals surface area contributed by atoms with Gasteiger partial charge in [0.05, 0.1) is 5.41 Å². The van der Waals surface area contributed by atoms with Gasteiger partial charge in [-0.15, -0.1) is 0 Å². The van der Waals surface area contributed by atoms with E-state index in [1.807, 2.05) is 45.2 Å². The molecule has 0 unspecified atom stereocenters. The van der Waals surface area contributed by atoms with Gasteiger partial charge in [0.15, 0.2) is 0 Å². The second kappa shape index (κ2) is 7.64. The topological polar surface area (TPSA) is 52.7 Å². The van der Waals surface area contributed by atoms with Gasteiger partial charge in [0.25, 0.3) is 5.91 Å². The van der Waals surface area contributed by atoms with E-state index in [0.29, 0.717) is 5.56 Å². The van der Waals surface area contributed by atoms with Crippen LogP contribution in [0.15, 0.2) is 48.5 Å². The molecule has 0 radical (unpaired) electrons. The number of likely N-dealkylation sites (tertiary alicyclic amines) is 1. The molecule has 5 heteroatoms. The molecule has 5 nitrogen and oxygen atoms in total. The van der Waals surface area contributed by atoms with Gasteiger partial charge in [-0.2, -0.15) is 0 Å². The van der Waals surface area contributed by atoms with Crippen LogP contribution >= 0.6 is 0 Å². The van der Waals surface area contributed by atoms with Gasteiger partial charge in [-0.1, -0.05) is 30.3 Å². The van der Waals surface area contributed by atoms with Crippen LogP contribution in [0, 0.1) is 0 Å². The molecule has 2 aliphatic heterocycles. The number of carbonyl (C=O) groups excluding carboxylic acids is 2. The van der Waals surface area contributed by atoms with Crippen molar-refractivity contribution in [2.75, 3.05) is 25.0 Å². The Morgan fingerprint density at radius 3 is 2.45 bits per heavy atom. The Bertz CT molecular complexity index is 915. The summed E-state index contributed by atoms with van der Waals surface area (Å²) in [7, 11) is 1.85. The van der Waals surface area contributed by atoms with Crippen LogP contribution in [0.2, 0.25) is 0 Å². The zero-order valence-electron chi connectivity index (χ0n) is 17.4. The number of nitrogens with zero attached hydrogens (tertiary/aromatic N) is 2. The van der Waals surface area contributed by atoms with E-state index in [-0.39, 0.29) is 17.9 Å². The number of carbonyl (C=O) groups is 2. The standard InChI is InChI=1S/C24H29N3O2/c1-17(2)25-22(28)19-9-10-21-20(15-19)24(23(29)26(21)3)11-13-27(14-12-24)16-18-7-5-4-6-8-18/h4-10,15,17H,11-14,16H2,1-3H3,(H,25,28). The van der Waals surface area contributed by atoms with Gasteiger partial charge in [0.2, 0.25) is 5.91 Å². The minimum atomic E-state index is -0.509. The Morgan fingerprint density at radius 2 is 1.79 bits per heavy atom. The number of amides is 2. The average Bonchev–Trinajstić information content (AvgIpc) is 2.92. The number of hydrogen-bond donors (Lipinski definition) is 1. The summed E-state index contributed by atoms with van der Waals surface area (Å²) in [6.45, 7) is 6.55. The molecule has 0 bridgehead atoms. The zero-order valence-corrected chi connectivity index (χ0v) is 17.4. The molecule has 0 aromatic heterocycles. The molecule has 2 aromatic rings. The first kappa shape index (κ1) is 19.6. The molecule has 152 valence electrons. The predicted molar refractivity (Wildman–Crippen MR) is 115 cm³/mol. The fourth-order valence-electron chi connectivity index (χ4n) is 4.66. The molecular weight excluding hydrogens is 362 g/mol. The Labute approximate surface area is 172 Å². The first-order valence-corrected chi connectivity index (χ1v) is 10.4. The van der Waals surface area contributed by atoms with E-state index in [0.717, 1.165) is 43.7 Å². The van der Waals surface area contributed by atoms with Crippen LogP contribution in [0.5, 0.6) is 0 Å². The molecule has 2 heterocycles. The van der Waals surface area contributed by atoms with E-state index in [9.17, 15) is 9.59 Å². The summed E-state index contributed by atoms with van der Waals surface area (Å²) in [5, 5.41) is 2.95. The second-order valence-corrected chi connectivity index (χ2v) is 8.57. The minimum absolute atomic E-state index is 0.0789. The Morgan fingerprint density at radius 1 is 1.10 bits per heavy atom. The highest BCUT2D eigenvalue weighted by Gasteiger charge is 2.51. The van der Waals surface area contributed by atoms with Crippen LogP contribution in [0.25, 0.3) is 0 Å². The van der Waals surface area contributed by atoms with E-state index >= 15 is 0 Å². The lowest BCUT2D eigenvalue weighted by atomic mass is 9.73. The maximum Gasteiger partial charge on any atom is 0.251 e. The molecule has 2 amide bonds. The van der Waals surface area contributed by atoms with Crippen molar-refractivity contribution in [2.45, 2.75) is 44.7 Å². The molecule has 0 aliphatic carbocycles. The first-order valence-electron chi connectivity index (χ1n) is 10.4. The van der Waals surface area contributed by atoms with E-state index in [4.69, 9.17) is 0 Å². The van der Waals surface area contributed by atoms with Gasteiger partial charge in [0.1, 0.15) is 0 Å². The number of hydrogen-bond acceptors (Lipinski definition) is 3. The number of fused-ring (bicyclic) bond motifs is 2. The molecule has 2 aromatic carbocycles. The lowest BCUT2D eigenvalue weighted by molar-refractivity contribution is -0.124. The number of anilines is 1. The summed E-state index contributed by atoms with van der Waals surface area (Å²) in [6.07, 6.45) is 1.57. The maximum absolute atomic E-state index is 13.3. The Balaban J connectivity index is 1.57. The van der Waals surface area contributed by atoms with Gasteiger partial charge in [-0.3, -0.25) is 14.5 Å². The molecule has 29 heavy (non-hydrogen) atoms. The average molecular weight is 392 g/mol. The lowest BCUT2D eigenvalue weighted by Crippen LogP contribution is -2.47. The summed E-state index contributed by atoms with van der Waals surface area (Å²) in [4.78, 5) is 30.0. The van der Waals surface area contributed by atoms with Crippen molar-refractivity contribution < 1.29 is 9.59 Å². The number of benzene rings is 2. The van der Waals surface area contributed by atoms with E-state index in [2.05, 4.69) is 34.5 Å². The third-order valence-corrected chi connectivity index (χ3v) is 6.23. The summed E-state index contributed by atoms with van der Waals surface area (Å²) >= 11 is 0. The molecule has 1 saturated heterocycles. The molecule has 1 fully saturated rings. The normalized spacial score (nSPS) is 18.3. The number of nitrogens with one attached hydrogen (secondary N) is 1. The monoisotopic (exact) mass is 391 g/mol. The number of rotatable bonds is 4. The minimum Gasteiger partial charge on any atom is -0.350 e. The highest BCUT2D eigenvalue weighted by molar-refractivity contribution is 6.09. The lowest BCUT2D eigenvalue weighted by Gasteiger charge is -2.38. The van der Waals surface area contributed by atoms with Crippen molar-refractivity contribution in [1.29, 1.82) is 0 Å². The third kappa shape index (κ3) is 3.55. The van der Waals surface area contributed by atoms with Crippen LogP contribution in [0.1, 0.15) is 48.2 Å². The molecule has 1 spiro atoms. The highest BCUT2D eigenvalue weighted by Crippen LogP contribution is 2.47. The summed E-state index contributed by atoms with van der Waals surface area (Å²) in [6, 6.07) is 16.2. The van der Waals surface area contributed by atoms with Gasteiger partial charge in [-0.05, 0) is 69.1 Å². The van der Waals surface area contributed by atoms with Gasteiger partial charge in [-0.25, -0.2) is 0 Å². The van der Waals surface area contributed by atoms with E-state index in [1.54, 1.807) is 4.90 Å². The van der Waals surface area contributed by atoms with Crippen molar-refractivity contribution in [1.82, 2.24) is 10.2 Å². The fraction of sp³-hybridized carbons (Fsp3) is 0.417. The van der Waals surface area contributed by atoms with E-state index < -0.39 is 5.41 Å². The third-order valence-electron chi connectivity index (χ3n) is 6.23. The van der Waals surface area contributed by atoms with Crippen LogP contribution in [0.3, 0.4) is 0 Å². The molecular formula is C24H29N3O2. The van der Waals surface area contributed by atoms with Crippen molar-refractivity contribution in [3.8, 4) is 0 Å². The van der Waals surface area contributed by atoms with Crippen LogP contribution < -0.4 is 10.2 Å². The predicted octanol–water partition coefficient (Wildman–Crippen LogP) is 3.34. The van der Waals surface area contributed by atoms with Crippen molar-refractivity contribution in [3.05, 3.63) is 65.2 Å². The number of piperidine rings is 1. The summed E-state index contributed by atoms with van der Waals surface area (Å²) in [5.41, 5.74) is 3.37. The smallest absolute Gasteiger partial charge is 0.251 e. The molecule has 1 N–H and O–H groups in total. The second-order valence-electron chi connectivity index (χ2n) is 8.57. The van der Waals surface area contributed by atoms with Crippen molar-refractivity contribution in [3.63, 3.8) is 0 Å². The summed E-state index contributed by atoms with van der Waals surface area (Å²) < 4.78 is 0. The quantitative estimate of drug-likeness (QED) is 0.870.